The van der Waals surface area contributed by atoms with Gasteiger partial charge in [0.2, 0.25) is 0 Å². The Morgan fingerprint density at radius 3 is 2.52 bits per heavy atom. The SMILES string of the molecule is O=C(O)C1CCN(Cc2ccc(OCC(F)(F)F)cc2)C1. The summed E-state index contributed by atoms with van der Waals surface area (Å²) in [5.74, 6) is -0.950. The van der Waals surface area contributed by atoms with Gasteiger partial charge in [0, 0.05) is 13.1 Å². The number of hydrogen-bond donors (Lipinski definition) is 1. The van der Waals surface area contributed by atoms with Crippen molar-refractivity contribution in [2.24, 2.45) is 5.92 Å². The third-order valence-electron chi connectivity index (χ3n) is 3.35. The fraction of sp³-hybridized carbons (Fsp3) is 0.500. The number of carboxylic acids is 1. The van der Waals surface area contributed by atoms with Crippen LogP contribution >= 0.6 is 0 Å². The molecule has 0 amide bonds. The highest BCUT2D eigenvalue weighted by Crippen LogP contribution is 2.21. The number of rotatable bonds is 5. The Bertz CT molecular complexity index is 487. The number of likely N-dealkylation sites (tertiary alicyclic amines) is 1. The Balaban J connectivity index is 1.84. The second-order valence-electron chi connectivity index (χ2n) is 5.11. The van der Waals surface area contributed by atoms with E-state index in [1.165, 1.54) is 12.1 Å². The molecule has 1 aromatic carbocycles. The van der Waals surface area contributed by atoms with Crippen LogP contribution in [0, 0.1) is 5.92 Å². The first-order valence-electron chi connectivity index (χ1n) is 6.57. The van der Waals surface area contributed by atoms with Gasteiger partial charge >= 0.3 is 12.1 Å². The summed E-state index contributed by atoms with van der Waals surface area (Å²) < 4.78 is 40.7. The normalized spacial score (nSPS) is 19.7. The summed E-state index contributed by atoms with van der Waals surface area (Å²) in [4.78, 5) is 12.9. The van der Waals surface area contributed by atoms with Crippen molar-refractivity contribution in [2.45, 2.75) is 19.1 Å². The molecule has 1 saturated heterocycles. The minimum Gasteiger partial charge on any atom is -0.484 e. The summed E-state index contributed by atoms with van der Waals surface area (Å²) in [6, 6.07) is 6.37. The molecule has 0 aliphatic carbocycles. The minimum absolute atomic E-state index is 0.168. The van der Waals surface area contributed by atoms with E-state index in [1.54, 1.807) is 12.1 Å². The lowest BCUT2D eigenvalue weighted by Crippen LogP contribution is -2.22. The summed E-state index contributed by atoms with van der Waals surface area (Å²) in [5.41, 5.74) is 0.917. The van der Waals surface area contributed by atoms with Gasteiger partial charge in [0.1, 0.15) is 5.75 Å². The average Bonchev–Trinajstić information content (AvgIpc) is 2.86. The molecule has 1 heterocycles. The summed E-state index contributed by atoms with van der Waals surface area (Å²) >= 11 is 0. The lowest BCUT2D eigenvalue weighted by atomic mass is 10.1. The van der Waals surface area contributed by atoms with Crippen molar-refractivity contribution < 1.29 is 27.8 Å². The zero-order valence-corrected chi connectivity index (χ0v) is 11.3. The number of halogens is 3. The predicted molar refractivity (Wildman–Crippen MR) is 69.0 cm³/mol. The maximum atomic E-state index is 12.0. The highest BCUT2D eigenvalue weighted by Gasteiger charge is 2.29. The molecule has 0 spiro atoms. The van der Waals surface area contributed by atoms with Gasteiger partial charge in [-0.1, -0.05) is 12.1 Å². The van der Waals surface area contributed by atoms with Crippen molar-refractivity contribution in [1.29, 1.82) is 0 Å². The molecule has 1 aliphatic heterocycles. The number of nitrogens with zero attached hydrogens (tertiary/aromatic N) is 1. The molecule has 116 valence electrons. The smallest absolute Gasteiger partial charge is 0.422 e. The van der Waals surface area contributed by atoms with Gasteiger partial charge in [0.15, 0.2) is 6.61 Å². The fourth-order valence-corrected chi connectivity index (χ4v) is 2.29. The van der Waals surface area contributed by atoms with Crippen LogP contribution in [0.15, 0.2) is 24.3 Å². The monoisotopic (exact) mass is 303 g/mol. The molecule has 1 unspecified atom stereocenters. The van der Waals surface area contributed by atoms with Crippen LogP contribution in [0.2, 0.25) is 0 Å². The first-order valence-corrected chi connectivity index (χ1v) is 6.57. The summed E-state index contributed by atoms with van der Waals surface area (Å²) in [5, 5.41) is 8.92. The molecule has 1 fully saturated rings. The Hall–Kier alpha value is -1.76. The molecule has 1 aromatic rings. The Morgan fingerprint density at radius 2 is 2.00 bits per heavy atom. The van der Waals surface area contributed by atoms with Crippen LogP contribution in [-0.4, -0.2) is 41.8 Å². The topological polar surface area (TPSA) is 49.8 Å². The Kier molecular flexibility index (Phi) is 4.72. The zero-order chi connectivity index (χ0) is 15.5. The zero-order valence-electron chi connectivity index (χ0n) is 11.3. The number of alkyl halides is 3. The van der Waals surface area contributed by atoms with Crippen LogP contribution in [0.25, 0.3) is 0 Å². The predicted octanol–water partition coefficient (Wildman–Crippen LogP) is 2.53. The summed E-state index contributed by atoms with van der Waals surface area (Å²) in [6.45, 7) is 0.493. The van der Waals surface area contributed by atoms with Gasteiger partial charge in [-0.3, -0.25) is 9.69 Å². The lowest BCUT2D eigenvalue weighted by molar-refractivity contribution is -0.153. The van der Waals surface area contributed by atoms with Gasteiger partial charge < -0.3 is 9.84 Å². The molecule has 4 nitrogen and oxygen atoms in total. The lowest BCUT2D eigenvalue weighted by Gasteiger charge is -2.15. The molecule has 7 heteroatoms. The molecule has 2 rings (SSSR count). The molecular formula is C14H16F3NO3. The second kappa shape index (κ2) is 6.34. The van der Waals surface area contributed by atoms with Crippen LogP contribution in [0.1, 0.15) is 12.0 Å². The van der Waals surface area contributed by atoms with E-state index in [-0.39, 0.29) is 11.7 Å². The molecule has 1 aliphatic rings. The summed E-state index contributed by atoms with van der Waals surface area (Å²) in [6.07, 6.45) is -3.72. The largest absolute Gasteiger partial charge is 0.484 e. The van der Waals surface area contributed by atoms with Crippen molar-refractivity contribution in [2.75, 3.05) is 19.7 Å². The Labute approximate surface area is 120 Å². The number of benzene rings is 1. The Morgan fingerprint density at radius 1 is 1.33 bits per heavy atom. The van der Waals surface area contributed by atoms with Gasteiger partial charge in [-0.15, -0.1) is 0 Å². The fourth-order valence-electron chi connectivity index (χ4n) is 2.29. The third kappa shape index (κ3) is 4.93. The summed E-state index contributed by atoms with van der Waals surface area (Å²) in [7, 11) is 0. The van der Waals surface area contributed by atoms with Crippen LogP contribution in [0.4, 0.5) is 13.2 Å². The van der Waals surface area contributed by atoms with E-state index in [1.807, 2.05) is 4.90 Å². The van der Waals surface area contributed by atoms with Crippen LogP contribution in [-0.2, 0) is 11.3 Å². The van der Waals surface area contributed by atoms with E-state index in [9.17, 15) is 18.0 Å². The maximum absolute atomic E-state index is 12.0. The van der Waals surface area contributed by atoms with Crippen LogP contribution in [0.5, 0.6) is 5.75 Å². The number of carboxylic acid groups (broad SMARTS) is 1. The second-order valence-corrected chi connectivity index (χ2v) is 5.11. The average molecular weight is 303 g/mol. The van der Waals surface area contributed by atoms with Crippen LogP contribution in [0.3, 0.4) is 0 Å². The molecule has 0 radical (unpaired) electrons. The van der Waals surface area contributed by atoms with E-state index < -0.39 is 18.8 Å². The highest BCUT2D eigenvalue weighted by atomic mass is 19.4. The maximum Gasteiger partial charge on any atom is 0.422 e. The molecule has 21 heavy (non-hydrogen) atoms. The third-order valence-corrected chi connectivity index (χ3v) is 3.35. The highest BCUT2D eigenvalue weighted by molar-refractivity contribution is 5.70. The number of aliphatic carboxylic acids is 1. The van der Waals surface area contributed by atoms with Crippen molar-refractivity contribution >= 4 is 5.97 Å². The van der Waals surface area contributed by atoms with Gasteiger partial charge in [-0.25, -0.2) is 0 Å². The first kappa shape index (κ1) is 15.6. The van der Waals surface area contributed by atoms with E-state index in [0.717, 1.165) is 5.56 Å². The van der Waals surface area contributed by atoms with E-state index in [4.69, 9.17) is 5.11 Å². The van der Waals surface area contributed by atoms with E-state index in [0.29, 0.717) is 26.1 Å². The first-order chi connectivity index (χ1) is 9.83. The molecule has 1 atom stereocenters. The number of ether oxygens (including phenoxy) is 1. The number of carbonyl (C=O) groups is 1. The standard InChI is InChI=1S/C14H16F3NO3/c15-14(16,17)9-21-12-3-1-10(2-4-12)7-18-6-5-11(8-18)13(19)20/h1-4,11H,5-9H2,(H,19,20). The van der Waals surface area contributed by atoms with Crippen molar-refractivity contribution in [3.8, 4) is 5.75 Å². The molecule has 0 bridgehead atoms. The van der Waals surface area contributed by atoms with Gasteiger partial charge in [0.25, 0.3) is 0 Å². The number of hydrogen-bond acceptors (Lipinski definition) is 3. The van der Waals surface area contributed by atoms with E-state index >= 15 is 0 Å². The molecule has 1 N–H and O–H groups in total. The minimum atomic E-state index is -4.35. The molecule has 0 saturated carbocycles. The van der Waals surface area contributed by atoms with Crippen LogP contribution < -0.4 is 4.74 Å². The van der Waals surface area contributed by atoms with Crippen molar-refractivity contribution in [1.82, 2.24) is 4.90 Å². The van der Waals surface area contributed by atoms with Crippen molar-refractivity contribution in [3.05, 3.63) is 29.8 Å². The van der Waals surface area contributed by atoms with Gasteiger partial charge in [-0.05, 0) is 30.7 Å². The quantitative estimate of drug-likeness (QED) is 0.908. The van der Waals surface area contributed by atoms with Crippen molar-refractivity contribution in [3.63, 3.8) is 0 Å². The van der Waals surface area contributed by atoms with E-state index in [2.05, 4.69) is 4.74 Å². The molecule has 0 aromatic heterocycles. The molecular weight excluding hydrogens is 287 g/mol. The van der Waals surface area contributed by atoms with Gasteiger partial charge in [-0.2, -0.15) is 13.2 Å². The van der Waals surface area contributed by atoms with Gasteiger partial charge in [0.05, 0.1) is 5.92 Å².